The third kappa shape index (κ3) is 6.03. The third-order valence-electron chi connectivity index (χ3n) is 14.1. The number of para-hydroxylation sites is 1. The molecule has 0 radical (unpaired) electrons. The summed E-state index contributed by atoms with van der Waals surface area (Å²) in [6.45, 7) is 0. The molecule has 2 heterocycles. The molecule has 0 amide bonds. The fourth-order valence-corrected chi connectivity index (χ4v) is 10.9. The Morgan fingerprint density at radius 1 is 0.279 bits per heavy atom. The largest absolute Gasteiger partial charge is 0.438 e. The van der Waals surface area contributed by atoms with Crippen molar-refractivity contribution in [2.75, 3.05) is 4.90 Å². The quantitative estimate of drug-likeness (QED) is 0.156. The predicted molar refractivity (Wildman–Crippen MR) is 288 cm³/mol. The lowest BCUT2D eigenvalue weighted by Gasteiger charge is -2.26. The summed E-state index contributed by atoms with van der Waals surface area (Å²) in [6.07, 6.45) is 1.84. The van der Waals surface area contributed by atoms with E-state index in [0.29, 0.717) is 5.71 Å². The average molecular weight is 865 g/mol. The molecular weight excluding hydrogens is 825 g/mol. The van der Waals surface area contributed by atoms with Gasteiger partial charge in [0, 0.05) is 28.6 Å². The minimum absolute atomic E-state index is 0.649. The molecule has 0 N–H and O–H groups in total. The van der Waals surface area contributed by atoms with Gasteiger partial charge in [0.1, 0.15) is 5.58 Å². The van der Waals surface area contributed by atoms with E-state index >= 15 is 0 Å². The number of furan rings is 1. The van der Waals surface area contributed by atoms with Crippen LogP contribution in [0.2, 0.25) is 0 Å². The summed E-state index contributed by atoms with van der Waals surface area (Å²) in [6, 6.07) is 86.2. The normalized spacial score (nSPS) is 11.8. The van der Waals surface area contributed by atoms with Gasteiger partial charge >= 0.3 is 0 Å². The Labute approximate surface area is 392 Å². The highest BCUT2D eigenvalue weighted by Crippen LogP contribution is 2.43. The first-order chi connectivity index (χ1) is 33.7. The Morgan fingerprint density at radius 2 is 0.618 bits per heavy atom. The molecule has 0 atom stereocenters. The third-order valence-corrected chi connectivity index (χ3v) is 14.1. The molecule has 0 aliphatic rings. The van der Waals surface area contributed by atoms with Crippen LogP contribution >= 0.6 is 0 Å². The Bertz CT molecular complexity index is 4030. The standard InChI is InChI=1S/C65H40N2O/c1-3-15-54-50(11-1)52-13-5-7-17-56(52)61-39-44(27-35-58(54)61)41-21-29-46(30-22-41)67(48-33-25-43(26-34-48)49-37-38-66-65-64(49)60-19-9-10-20-63(60)68-65)47-31-23-42(24-32-47)45-28-36-59-55-16-4-2-12-51(55)53-14-6-8-18-57(53)62(59)40-45/h1-40H. The van der Waals surface area contributed by atoms with Gasteiger partial charge < -0.3 is 9.32 Å². The topological polar surface area (TPSA) is 29.3 Å². The lowest BCUT2D eigenvalue weighted by atomic mass is 9.92. The Morgan fingerprint density at radius 3 is 1.04 bits per heavy atom. The molecule has 68 heavy (non-hydrogen) atoms. The molecule has 316 valence electrons. The van der Waals surface area contributed by atoms with Gasteiger partial charge in [-0.1, -0.05) is 176 Å². The number of anilines is 3. The molecule has 0 unspecified atom stereocenters. The second-order valence-electron chi connectivity index (χ2n) is 17.8. The highest BCUT2D eigenvalue weighted by molar-refractivity contribution is 6.27. The second-order valence-corrected chi connectivity index (χ2v) is 17.8. The van der Waals surface area contributed by atoms with Crippen molar-refractivity contribution in [1.29, 1.82) is 0 Å². The van der Waals surface area contributed by atoms with Gasteiger partial charge in [0.25, 0.3) is 0 Å². The first kappa shape index (κ1) is 38.2. The monoisotopic (exact) mass is 864 g/mol. The molecule has 0 fully saturated rings. The lowest BCUT2D eigenvalue weighted by Crippen LogP contribution is -2.09. The van der Waals surface area contributed by atoms with Gasteiger partial charge in [-0.15, -0.1) is 0 Å². The number of hydrogen-bond acceptors (Lipinski definition) is 3. The van der Waals surface area contributed by atoms with E-state index in [2.05, 4.69) is 234 Å². The maximum atomic E-state index is 6.17. The van der Waals surface area contributed by atoms with Crippen molar-refractivity contribution in [1.82, 2.24) is 4.98 Å². The summed E-state index contributed by atoms with van der Waals surface area (Å²) in [7, 11) is 0. The van der Waals surface area contributed by atoms with Gasteiger partial charge in [-0.3, -0.25) is 0 Å². The molecule has 3 nitrogen and oxygen atoms in total. The fraction of sp³-hybridized carbons (Fsp3) is 0. The minimum atomic E-state index is 0.649. The second kappa shape index (κ2) is 15.3. The van der Waals surface area contributed by atoms with Gasteiger partial charge in [-0.2, -0.15) is 0 Å². The fourth-order valence-electron chi connectivity index (χ4n) is 10.9. The molecule has 0 aliphatic carbocycles. The first-order valence-corrected chi connectivity index (χ1v) is 23.3. The zero-order chi connectivity index (χ0) is 44.7. The number of fused-ring (bicyclic) bond motifs is 15. The van der Waals surface area contributed by atoms with E-state index in [4.69, 9.17) is 4.42 Å². The number of benzene rings is 12. The number of nitrogens with zero attached hydrogens (tertiary/aromatic N) is 2. The van der Waals surface area contributed by atoms with Crippen LogP contribution in [0.25, 0.3) is 120 Å². The molecule has 0 saturated carbocycles. The number of pyridine rings is 1. The zero-order valence-corrected chi connectivity index (χ0v) is 36.9. The molecule has 0 saturated heterocycles. The Balaban J connectivity index is 0.872. The van der Waals surface area contributed by atoms with Gasteiger partial charge in [-0.25, -0.2) is 4.98 Å². The van der Waals surface area contributed by atoms with Crippen molar-refractivity contribution in [3.05, 3.63) is 243 Å². The van der Waals surface area contributed by atoms with Crippen LogP contribution in [0.1, 0.15) is 0 Å². The molecular formula is C65H40N2O. The van der Waals surface area contributed by atoms with Crippen LogP contribution in [0.5, 0.6) is 0 Å². The van der Waals surface area contributed by atoms with Crippen LogP contribution in [0.3, 0.4) is 0 Å². The lowest BCUT2D eigenvalue weighted by molar-refractivity contribution is 0.654. The van der Waals surface area contributed by atoms with E-state index in [9.17, 15) is 0 Å². The van der Waals surface area contributed by atoms with Crippen LogP contribution in [-0.4, -0.2) is 4.98 Å². The minimum Gasteiger partial charge on any atom is -0.438 e. The van der Waals surface area contributed by atoms with Crippen LogP contribution in [0, 0.1) is 0 Å². The summed E-state index contributed by atoms with van der Waals surface area (Å²) < 4.78 is 6.17. The van der Waals surface area contributed by atoms with E-state index in [1.165, 1.54) is 86.9 Å². The number of hydrogen-bond donors (Lipinski definition) is 0. The molecule has 14 rings (SSSR count). The molecule has 3 heteroatoms. The highest BCUT2D eigenvalue weighted by atomic mass is 16.3. The molecule has 14 aromatic rings. The molecule has 0 spiro atoms. The summed E-state index contributed by atoms with van der Waals surface area (Å²) in [5, 5.41) is 17.4. The van der Waals surface area contributed by atoms with Gasteiger partial charge in [0.05, 0.1) is 5.39 Å². The highest BCUT2D eigenvalue weighted by Gasteiger charge is 2.18. The van der Waals surface area contributed by atoms with E-state index in [-0.39, 0.29) is 0 Å². The van der Waals surface area contributed by atoms with Gasteiger partial charge in [0.15, 0.2) is 0 Å². The van der Waals surface area contributed by atoms with E-state index in [0.717, 1.165) is 44.5 Å². The molecule has 2 aromatic heterocycles. The number of rotatable bonds is 6. The van der Waals surface area contributed by atoms with Crippen LogP contribution in [0.4, 0.5) is 17.1 Å². The SMILES string of the molecule is c1ccc2c(c1)oc1nccc(-c3ccc(N(c4ccc(-c5ccc6c7ccccc7c7ccccc7c6c5)cc4)c4ccc(-c5ccc6c7ccccc7c7ccccc7c6c5)cc4)cc3)c12. The molecule has 0 bridgehead atoms. The molecule has 12 aromatic carbocycles. The Hall–Kier alpha value is -9.05. The van der Waals surface area contributed by atoms with Crippen LogP contribution < -0.4 is 4.90 Å². The zero-order valence-electron chi connectivity index (χ0n) is 36.9. The van der Waals surface area contributed by atoms with Crippen molar-refractivity contribution < 1.29 is 4.42 Å². The average Bonchev–Trinajstić information content (AvgIpc) is 3.81. The van der Waals surface area contributed by atoms with Crippen molar-refractivity contribution in [2.45, 2.75) is 0 Å². The summed E-state index contributed by atoms with van der Waals surface area (Å²) >= 11 is 0. The summed E-state index contributed by atoms with van der Waals surface area (Å²) in [5.74, 6) is 0. The van der Waals surface area contributed by atoms with E-state index in [1.54, 1.807) is 0 Å². The molecule has 0 aliphatic heterocycles. The summed E-state index contributed by atoms with van der Waals surface area (Å²) in [4.78, 5) is 6.95. The van der Waals surface area contributed by atoms with E-state index in [1.807, 2.05) is 18.3 Å². The summed E-state index contributed by atoms with van der Waals surface area (Å²) in [5.41, 5.74) is 11.6. The van der Waals surface area contributed by atoms with Gasteiger partial charge in [-0.05, 0) is 159 Å². The van der Waals surface area contributed by atoms with Gasteiger partial charge in [0.2, 0.25) is 5.71 Å². The van der Waals surface area contributed by atoms with Crippen molar-refractivity contribution in [2.24, 2.45) is 0 Å². The number of aromatic nitrogens is 1. The van der Waals surface area contributed by atoms with Crippen molar-refractivity contribution >= 4 is 104 Å². The van der Waals surface area contributed by atoms with Crippen molar-refractivity contribution in [3.8, 4) is 33.4 Å². The first-order valence-electron chi connectivity index (χ1n) is 23.3. The predicted octanol–water partition coefficient (Wildman–Crippen LogP) is 18.4. The maximum absolute atomic E-state index is 6.17. The van der Waals surface area contributed by atoms with Crippen molar-refractivity contribution in [3.63, 3.8) is 0 Å². The van der Waals surface area contributed by atoms with Crippen LogP contribution in [-0.2, 0) is 0 Å². The maximum Gasteiger partial charge on any atom is 0.227 e. The van der Waals surface area contributed by atoms with E-state index < -0.39 is 0 Å². The Kier molecular flexibility index (Phi) is 8.59. The van der Waals surface area contributed by atoms with Crippen LogP contribution in [0.15, 0.2) is 247 Å². The smallest absolute Gasteiger partial charge is 0.227 e.